The largest absolute Gasteiger partial charge is 0.348 e. The summed E-state index contributed by atoms with van der Waals surface area (Å²) in [4.78, 5) is 12.2. The van der Waals surface area contributed by atoms with Crippen LogP contribution in [0.15, 0.2) is 40.9 Å². The van der Waals surface area contributed by atoms with Crippen LogP contribution in [0.2, 0.25) is 0 Å². The van der Waals surface area contributed by atoms with E-state index < -0.39 is 0 Å². The number of carbonyl (C=O) groups excluding carboxylic acids is 1. The first-order valence-electron chi connectivity index (χ1n) is 6.98. The highest BCUT2D eigenvalue weighted by molar-refractivity contribution is 9.10. The Bertz CT molecular complexity index is 677. The van der Waals surface area contributed by atoms with E-state index in [1.165, 1.54) is 11.1 Å². The van der Waals surface area contributed by atoms with E-state index in [-0.39, 0.29) is 5.91 Å². The highest BCUT2D eigenvalue weighted by Gasteiger charge is 2.11. The average molecular weight is 345 g/mol. The maximum atomic E-state index is 12.2. The van der Waals surface area contributed by atoms with Crippen molar-refractivity contribution in [3.63, 3.8) is 0 Å². The molecule has 0 unspecified atom stereocenters. The second kappa shape index (κ2) is 6.00. The molecule has 3 rings (SSSR count). The summed E-state index contributed by atoms with van der Waals surface area (Å²) < 4.78 is 0.927. The number of amides is 1. The summed E-state index contributed by atoms with van der Waals surface area (Å²) in [6.45, 7) is 4.40. The molecule has 0 fully saturated rings. The van der Waals surface area contributed by atoms with Crippen molar-refractivity contribution >= 4 is 21.8 Å². The third-order valence-electron chi connectivity index (χ3n) is 3.66. The van der Waals surface area contributed by atoms with Gasteiger partial charge in [0.25, 0.3) is 5.91 Å². The van der Waals surface area contributed by atoms with E-state index in [0.717, 1.165) is 28.7 Å². The van der Waals surface area contributed by atoms with Gasteiger partial charge in [-0.05, 0) is 47.4 Å². The van der Waals surface area contributed by atoms with Gasteiger partial charge in [0.15, 0.2) is 0 Å². The second-order valence-corrected chi connectivity index (χ2v) is 6.32. The van der Waals surface area contributed by atoms with Crippen LogP contribution >= 0.6 is 15.9 Å². The number of halogens is 1. The number of aryl methyl sites for hydroxylation is 1. The lowest BCUT2D eigenvalue weighted by Gasteiger charge is -2.08. The van der Waals surface area contributed by atoms with Crippen LogP contribution < -0.4 is 10.6 Å². The molecular formula is C17H17BrN2O. The molecule has 0 saturated carbocycles. The van der Waals surface area contributed by atoms with Gasteiger partial charge in [0, 0.05) is 29.7 Å². The molecule has 1 amide bonds. The van der Waals surface area contributed by atoms with Crippen molar-refractivity contribution in [1.82, 2.24) is 10.6 Å². The predicted octanol–water partition coefficient (Wildman–Crippen LogP) is 3.29. The molecule has 0 aromatic heterocycles. The Morgan fingerprint density at radius 2 is 2.00 bits per heavy atom. The Balaban J connectivity index is 1.68. The maximum absolute atomic E-state index is 12.2. The van der Waals surface area contributed by atoms with Gasteiger partial charge in [-0.15, -0.1) is 0 Å². The Hall–Kier alpha value is -1.65. The lowest BCUT2D eigenvalue weighted by Crippen LogP contribution is -2.23. The highest BCUT2D eigenvalue weighted by atomic mass is 79.9. The van der Waals surface area contributed by atoms with Crippen LogP contribution in [-0.2, 0) is 19.6 Å². The van der Waals surface area contributed by atoms with Crippen molar-refractivity contribution < 1.29 is 4.79 Å². The third kappa shape index (κ3) is 3.34. The Kier molecular flexibility index (Phi) is 4.08. The number of fused-ring (bicyclic) bond motifs is 1. The number of benzene rings is 2. The Morgan fingerprint density at radius 3 is 2.81 bits per heavy atom. The zero-order valence-corrected chi connectivity index (χ0v) is 13.5. The van der Waals surface area contributed by atoms with Crippen LogP contribution in [0.25, 0.3) is 0 Å². The molecule has 21 heavy (non-hydrogen) atoms. The summed E-state index contributed by atoms with van der Waals surface area (Å²) in [7, 11) is 0. The van der Waals surface area contributed by atoms with Crippen LogP contribution in [0.1, 0.15) is 32.6 Å². The van der Waals surface area contributed by atoms with Gasteiger partial charge in [-0.25, -0.2) is 0 Å². The number of nitrogens with one attached hydrogen (secondary N) is 2. The topological polar surface area (TPSA) is 41.1 Å². The molecule has 4 heteroatoms. The first-order valence-corrected chi connectivity index (χ1v) is 7.78. The van der Waals surface area contributed by atoms with E-state index in [4.69, 9.17) is 0 Å². The Morgan fingerprint density at radius 1 is 1.19 bits per heavy atom. The van der Waals surface area contributed by atoms with E-state index in [1.807, 2.05) is 25.1 Å². The van der Waals surface area contributed by atoms with Gasteiger partial charge in [-0.1, -0.05) is 34.1 Å². The van der Waals surface area contributed by atoms with Crippen molar-refractivity contribution in [2.24, 2.45) is 0 Å². The quantitative estimate of drug-likeness (QED) is 0.896. The molecule has 0 radical (unpaired) electrons. The number of hydrogen-bond acceptors (Lipinski definition) is 2. The van der Waals surface area contributed by atoms with Crippen molar-refractivity contribution in [2.75, 3.05) is 0 Å². The zero-order valence-electron chi connectivity index (χ0n) is 11.9. The number of rotatable bonds is 3. The molecule has 1 aliphatic heterocycles. The van der Waals surface area contributed by atoms with E-state index in [2.05, 4.69) is 44.8 Å². The normalized spacial score (nSPS) is 13.0. The minimum Gasteiger partial charge on any atom is -0.348 e. The molecule has 0 spiro atoms. The monoisotopic (exact) mass is 344 g/mol. The van der Waals surface area contributed by atoms with Crippen LogP contribution in [0.5, 0.6) is 0 Å². The fraction of sp³-hybridized carbons (Fsp3) is 0.235. The summed E-state index contributed by atoms with van der Waals surface area (Å²) in [5.41, 5.74) is 5.58. The van der Waals surface area contributed by atoms with Crippen LogP contribution in [-0.4, -0.2) is 5.91 Å². The van der Waals surface area contributed by atoms with Crippen molar-refractivity contribution in [3.8, 4) is 0 Å². The smallest absolute Gasteiger partial charge is 0.251 e. The lowest BCUT2D eigenvalue weighted by molar-refractivity contribution is 0.0950. The molecule has 1 heterocycles. The minimum atomic E-state index is -0.0435. The van der Waals surface area contributed by atoms with Gasteiger partial charge in [-0.2, -0.15) is 0 Å². The summed E-state index contributed by atoms with van der Waals surface area (Å²) in [6.07, 6.45) is 0. The SMILES string of the molecule is Cc1cc(Br)cc(C(=O)NCc2ccc3c(c2)CNC3)c1. The molecule has 0 bridgehead atoms. The van der Waals surface area contributed by atoms with Gasteiger partial charge in [-0.3, -0.25) is 4.79 Å². The van der Waals surface area contributed by atoms with Gasteiger partial charge in [0.1, 0.15) is 0 Å². The lowest BCUT2D eigenvalue weighted by atomic mass is 10.1. The molecule has 2 aromatic rings. The first-order chi connectivity index (χ1) is 10.1. The van der Waals surface area contributed by atoms with Crippen LogP contribution in [0.4, 0.5) is 0 Å². The second-order valence-electron chi connectivity index (χ2n) is 5.41. The van der Waals surface area contributed by atoms with E-state index in [0.29, 0.717) is 12.1 Å². The Labute approximate surface area is 132 Å². The third-order valence-corrected chi connectivity index (χ3v) is 4.12. The molecule has 1 aliphatic rings. The molecule has 0 saturated heterocycles. The molecule has 0 aliphatic carbocycles. The molecule has 3 nitrogen and oxygen atoms in total. The molecular weight excluding hydrogens is 328 g/mol. The fourth-order valence-electron chi connectivity index (χ4n) is 2.61. The first kappa shape index (κ1) is 14.3. The van der Waals surface area contributed by atoms with Crippen LogP contribution in [0, 0.1) is 6.92 Å². The molecule has 108 valence electrons. The summed E-state index contributed by atoms with van der Waals surface area (Å²) >= 11 is 3.42. The van der Waals surface area contributed by atoms with Crippen LogP contribution in [0.3, 0.4) is 0 Å². The molecule has 2 aromatic carbocycles. The van der Waals surface area contributed by atoms with Gasteiger partial charge in [0.05, 0.1) is 0 Å². The molecule has 2 N–H and O–H groups in total. The molecule has 0 atom stereocenters. The average Bonchev–Trinajstić information content (AvgIpc) is 2.91. The fourth-order valence-corrected chi connectivity index (χ4v) is 3.22. The van der Waals surface area contributed by atoms with Gasteiger partial charge < -0.3 is 10.6 Å². The zero-order chi connectivity index (χ0) is 14.8. The van der Waals surface area contributed by atoms with Crippen molar-refractivity contribution in [2.45, 2.75) is 26.6 Å². The summed E-state index contributed by atoms with van der Waals surface area (Å²) in [6, 6.07) is 12.1. The maximum Gasteiger partial charge on any atom is 0.251 e. The van der Waals surface area contributed by atoms with E-state index >= 15 is 0 Å². The van der Waals surface area contributed by atoms with Crippen molar-refractivity contribution in [1.29, 1.82) is 0 Å². The van der Waals surface area contributed by atoms with Gasteiger partial charge >= 0.3 is 0 Å². The predicted molar refractivity (Wildman–Crippen MR) is 87.0 cm³/mol. The number of hydrogen-bond donors (Lipinski definition) is 2. The standard InChI is InChI=1S/C17H17BrN2O/c1-11-4-14(7-16(18)5-11)17(21)20-8-12-2-3-13-9-19-10-15(13)6-12/h2-7,19H,8-10H2,1H3,(H,20,21). The van der Waals surface area contributed by atoms with E-state index in [1.54, 1.807) is 0 Å². The number of carbonyl (C=O) groups is 1. The van der Waals surface area contributed by atoms with Gasteiger partial charge in [0.2, 0.25) is 0 Å². The van der Waals surface area contributed by atoms with E-state index in [9.17, 15) is 4.79 Å². The summed E-state index contributed by atoms with van der Waals surface area (Å²) in [5, 5.41) is 6.31. The van der Waals surface area contributed by atoms with Crippen molar-refractivity contribution in [3.05, 3.63) is 68.7 Å². The highest BCUT2D eigenvalue weighted by Crippen LogP contribution is 2.18. The minimum absolute atomic E-state index is 0.0435. The summed E-state index contributed by atoms with van der Waals surface area (Å²) in [5.74, 6) is -0.0435.